The Morgan fingerprint density at radius 1 is 1.56 bits per heavy atom. The number of nitrogens with one attached hydrogen (secondary N) is 1. The third-order valence-corrected chi connectivity index (χ3v) is 3.69. The molecule has 3 nitrogen and oxygen atoms in total. The van der Waals surface area contributed by atoms with E-state index in [1.54, 1.807) is 11.3 Å². The summed E-state index contributed by atoms with van der Waals surface area (Å²) in [5.41, 5.74) is 7.04. The van der Waals surface area contributed by atoms with E-state index in [2.05, 4.69) is 10.7 Å². The highest BCUT2D eigenvalue weighted by Crippen LogP contribution is 2.24. The molecule has 1 aliphatic rings. The summed E-state index contributed by atoms with van der Waals surface area (Å²) >= 11 is 1.65. The second kappa shape index (κ2) is 6.23. The average Bonchev–Trinajstić information content (AvgIpc) is 2.84. The summed E-state index contributed by atoms with van der Waals surface area (Å²) in [4.78, 5) is 11.8. The van der Waals surface area contributed by atoms with Gasteiger partial charge >= 0.3 is 0 Å². The number of nitrogens with two attached hydrogens (primary N) is 1. The first-order valence-corrected chi connectivity index (χ1v) is 6.26. The van der Waals surface area contributed by atoms with Crippen molar-refractivity contribution < 1.29 is 4.79 Å². The van der Waals surface area contributed by atoms with Gasteiger partial charge in [-0.05, 0) is 35.2 Å². The van der Waals surface area contributed by atoms with Crippen LogP contribution >= 0.6 is 23.7 Å². The van der Waals surface area contributed by atoms with Crippen LogP contribution in [0.15, 0.2) is 16.8 Å². The van der Waals surface area contributed by atoms with Crippen molar-refractivity contribution in [3.63, 3.8) is 0 Å². The van der Waals surface area contributed by atoms with Gasteiger partial charge in [-0.25, -0.2) is 0 Å². The second-order valence-corrected chi connectivity index (χ2v) is 4.83. The molecule has 1 saturated carbocycles. The zero-order valence-electron chi connectivity index (χ0n) is 9.02. The number of hydrogen-bond acceptors (Lipinski definition) is 3. The molecule has 1 aromatic rings. The Morgan fingerprint density at radius 2 is 2.38 bits per heavy atom. The van der Waals surface area contributed by atoms with Crippen molar-refractivity contribution in [3.8, 4) is 0 Å². The minimum atomic E-state index is 0. The summed E-state index contributed by atoms with van der Waals surface area (Å²) < 4.78 is 0. The van der Waals surface area contributed by atoms with E-state index < -0.39 is 0 Å². The molecule has 0 aromatic carbocycles. The molecular formula is C11H17ClN2OS. The molecule has 16 heavy (non-hydrogen) atoms. The van der Waals surface area contributed by atoms with Crippen LogP contribution in [0.4, 0.5) is 0 Å². The van der Waals surface area contributed by atoms with Crippen molar-refractivity contribution >= 4 is 29.7 Å². The Kier molecular flexibility index (Phi) is 5.25. The van der Waals surface area contributed by atoms with Crippen LogP contribution in [-0.2, 0) is 11.3 Å². The minimum absolute atomic E-state index is 0. The quantitative estimate of drug-likeness (QED) is 0.872. The largest absolute Gasteiger partial charge is 0.352 e. The van der Waals surface area contributed by atoms with Crippen LogP contribution in [0.25, 0.3) is 0 Å². The maximum absolute atomic E-state index is 11.8. The number of hydrogen-bond donors (Lipinski definition) is 2. The van der Waals surface area contributed by atoms with Crippen molar-refractivity contribution in [3.05, 3.63) is 22.4 Å². The molecule has 0 saturated heterocycles. The lowest BCUT2D eigenvalue weighted by molar-refractivity contribution is -0.125. The van der Waals surface area contributed by atoms with Gasteiger partial charge in [0.05, 0.1) is 5.92 Å². The Balaban J connectivity index is 0.00000128. The normalized spacial score (nSPS) is 23.8. The molecule has 0 radical (unpaired) electrons. The van der Waals surface area contributed by atoms with Gasteiger partial charge < -0.3 is 11.1 Å². The summed E-state index contributed by atoms with van der Waals surface area (Å²) in [5, 5.41) is 7.01. The molecular weight excluding hydrogens is 244 g/mol. The SMILES string of the molecule is Cl.NC1CCCC1C(=O)NCc1ccsc1. The molecule has 1 fully saturated rings. The number of thiophene rings is 1. The van der Waals surface area contributed by atoms with E-state index in [0.29, 0.717) is 6.54 Å². The number of carbonyl (C=O) groups excluding carboxylic acids is 1. The van der Waals surface area contributed by atoms with Crippen molar-refractivity contribution in [1.82, 2.24) is 5.32 Å². The standard InChI is InChI=1S/C11H16N2OS.ClH/c12-10-3-1-2-9(10)11(14)13-6-8-4-5-15-7-8;/h4-5,7,9-10H,1-3,6,12H2,(H,13,14);1H. The Hall–Kier alpha value is -0.580. The highest BCUT2D eigenvalue weighted by molar-refractivity contribution is 7.07. The second-order valence-electron chi connectivity index (χ2n) is 4.05. The van der Waals surface area contributed by atoms with Crippen molar-refractivity contribution in [2.75, 3.05) is 0 Å². The van der Waals surface area contributed by atoms with Crippen molar-refractivity contribution in [1.29, 1.82) is 0 Å². The Bertz CT molecular complexity index is 329. The third-order valence-electron chi connectivity index (χ3n) is 2.95. The van der Waals surface area contributed by atoms with E-state index in [1.165, 1.54) is 5.56 Å². The van der Waals surface area contributed by atoms with Crippen LogP contribution in [0.5, 0.6) is 0 Å². The Labute approximate surface area is 106 Å². The highest BCUT2D eigenvalue weighted by atomic mass is 35.5. The van der Waals surface area contributed by atoms with Crippen LogP contribution < -0.4 is 11.1 Å². The van der Waals surface area contributed by atoms with Gasteiger partial charge in [0, 0.05) is 12.6 Å². The fourth-order valence-electron chi connectivity index (χ4n) is 2.03. The van der Waals surface area contributed by atoms with Crippen LogP contribution in [0.2, 0.25) is 0 Å². The lowest BCUT2D eigenvalue weighted by Crippen LogP contribution is -2.38. The van der Waals surface area contributed by atoms with Gasteiger partial charge in [0.25, 0.3) is 0 Å². The molecule has 0 bridgehead atoms. The van der Waals surface area contributed by atoms with Gasteiger partial charge in [0.2, 0.25) is 5.91 Å². The molecule has 1 aliphatic carbocycles. The lowest BCUT2D eigenvalue weighted by Gasteiger charge is -2.14. The molecule has 2 rings (SSSR count). The van der Waals surface area contributed by atoms with Gasteiger partial charge in [0.1, 0.15) is 0 Å². The molecule has 2 atom stereocenters. The maximum atomic E-state index is 11.8. The van der Waals surface area contributed by atoms with Gasteiger partial charge in [-0.15, -0.1) is 12.4 Å². The molecule has 1 heterocycles. The van der Waals surface area contributed by atoms with Crippen LogP contribution in [0.1, 0.15) is 24.8 Å². The molecule has 0 aliphatic heterocycles. The molecule has 1 amide bonds. The van der Waals surface area contributed by atoms with Crippen LogP contribution in [0, 0.1) is 5.92 Å². The van der Waals surface area contributed by atoms with E-state index in [9.17, 15) is 4.79 Å². The average molecular weight is 261 g/mol. The summed E-state index contributed by atoms with van der Waals surface area (Å²) in [6, 6.07) is 2.09. The number of rotatable bonds is 3. The number of amides is 1. The van der Waals surface area contributed by atoms with Crippen molar-refractivity contribution in [2.45, 2.75) is 31.8 Å². The van der Waals surface area contributed by atoms with Crippen LogP contribution in [0.3, 0.4) is 0 Å². The van der Waals surface area contributed by atoms with E-state index >= 15 is 0 Å². The molecule has 2 unspecified atom stereocenters. The van der Waals surface area contributed by atoms with Crippen LogP contribution in [-0.4, -0.2) is 11.9 Å². The molecule has 1 aromatic heterocycles. The topological polar surface area (TPSA) is 55.1 Å². The van der Waals surface area contributed by atoms with E-state index in [-0.39, 0.29) is 30.3 Å². The van der Waals surface area contributed by atoms with E-state index in [4.69, 9.17) is 5.73 Å². The van der Waals surface area contributed by atoms with Gasteiger partial charge in [-0.1, -0.05) is 6.42 Å². The van der Waals surface area contributed by atoms with Crippen molar-refractivity contribution in [2.24, 2.45) is 11.7 Å². The van der Waals surface area contributed by atoms with Gasteiger partial charge in [0.15, 0.2) is 0 Å². The zero-order valence-corrected chi connectivity index (χ0v) is 10.7. The maximum Gasteiger partial charge on any atom is 0.224 e. The smallest absolute Gasteiger partial charge is 0.224 e. The minimum Gasteiger partial charge on any atom is -0.352 e. The monoisotopic (exact) mass is 260 g/mol. The number of carbonyl (C=O) groups is 1. The summed E-state index contributed by atoms with van der Waals surface area (Å²) in [6.07, 6.45) is 3.00. The third kappa shape index (κ3) is 3.20. The lowest BCUT2D eigenvalue weighted by atomic mass is 10.0. The van der Waals surface area contributed by atoms with E-state index in [0.717, 1.165) is 19.3 Å². The zero-order chi connectivity index (χ0) is 10.7. The predicted molar refractivity (Wildman–Crippen MR) is 68.7 cm³/mol. The summed E-state index contributed by atoms with van der Waals surface area (Å²) in [7, 11) is 0. The fraction of sp³-hybridized carbons (Fsp3) is 0.545. The molecule has 5 heteroatoms. The molecule has 3 N–H and O–H groups in total. The Morgan fingerprint density at radius 3 is 2.94 bits per heavy atom. The fourth-order valence-corrected chi connectivity index (χ4v) is 2.70. The summed E-state index contributed by atoms with van der Waals surface area (Å²) in [6.45, 7) is 0.631. The van der Waals surface area contributed by atoms with E-state index in [1.807, 2.05) is 11.4 Å². The summed E-state index contributed by atoms with van der Waals surface area (Å²) in [5.74, 6) is 0.148. The van der Waals surface area contributed by atoms with Gasteiger partial charge in [-0.2, -0.15) is 11.3 Å². The first-order chi connectivity index (χ1) is 7.27. The first kappa shape index (κ1) is 13.5. The molecule has 0 spiro atoms. The highest BCUT2D eigenvalue weighted by Gasteiger charge is 2.29. The predicted octanol–water partition coefficient (Wildman–Crippen LogP) is 1.91. The number of halogens is 1. The first-order valence-electron chi connectivity index (χ1n) is 5.32. The van der Waals surface area contributed by atoms with Gasteiger partial charge in [-0.3, -0.25) is 4.79 Å². The molecule has 90 valence electrons.